The zero-order chi connectivity index (χ0) is 14.4. The number of carbonyl (C=O) groups is 1. The van der Waals surface area contributed by atoms with Crippen LogP contribution in [0.1, 0.15) is 31.4 Å². The third-order valence-electron chi connectivity index (χ3n) is 3.06. The number of nitrogens with zero attached hydrogens (tertiary/aromatic N) is 3. The number of benzene rings is 1. The highest BCUT2D eigenvalue weighted by Gasteiger charge is 2.09. The summed E-state index contributed by atoms with van der Waals surface area (Å²) < 4.78 is 1.69. The van der Waals surface area contributed by atoms with Crippen molar-refractivity contribution in [3.8, 4) is 5.69 Å². The van der Waals surface area contributed by atoms with Crippen LogP contribution in [0.2, 0.25) is 0 Å². The molecular weight excluding hydrogens is 254 g/mol. The highest BCUT2D eigenvalue weighted by molar-refractivity contribution is 5.76. The van der Waals surface area contributed by atoms with E-state index in [9.17, 15) is 4.79 Å². The van der Waals surface area contributed by atoms with Crippen LogP contribution in [0.25, 0.3) is 5.69 Å². The molecule has 1 amide bonds. The largest absolute Gasteiger partial charge is 0.350 e. The summed E-state index contributed by atoms with van der Waals surface area (Å²) in [4.78, 5) is 15.6. The maximum Gasteiger partial charge on any atom is 0.220 e. The van der Waals surface area contributed by atoms with E-state index in [1.165, 1.54) is 6.33 Å². The summed E-state index contributed by atoms with van der Waals surface area (Å²) in [6.45, 7) is 2.50. The van der Waals surface area contributed by atoms with E-state index in [0.29, 0.717) is 19.4 Å². The molecule has 0 saturated carbocycles. The first-order valence-electron chi connectivity index (χ1n) is 6.65. The van der Waals surface area contributed by atoms with Crippen LogP contribution in [0.5, 0.6) is 0 Å². The SMILES string of the molecule is CC(NC(=O)CCCN)c1ccc(-n2cncn2)cc1. The van der Waals surface area contributed by atoms with Gasteiger partial charge in [-0.15, -0.1) is 0 Å². The number of amides is 1. The molecule has 3 N–H and O–H groups in total. The van der Waals surface area contributed by atoms with Crippen LogP contribution in [0.4, 0.5) is 0 Å². The van der Waals surface area contributed by atoms with Gasteiger partial charge in [0.1, 0.15) is 12.7 Å². The molecule has 0 aliphatic rings. The zero-order valence-electron chi connectivity index (χ0n) is 11.5. The van der Waals surface area contributed by atoms with Crippen LogP contribution in [-0.4, -0.2) is 27.2 Å². The molecule has 0 bridgehead atoms. The Morgan fingerprint density at radius 2 is 2.15 bits per heavy atom. The summed E-state index contributed by atoms with van der Waals surface area (Å²) in [6.07, 6.45) is 4.32. The van der Waals surface area contributed by atoms with Gasteiger partial charge >= 0.3 is 0 Å². The van der Waals surface area contributed by atoms with E-state index < -0.39 is 0 Å². The fraction of sp³-hybridized carbons (Fsp3) is 0.357. The number of aromatic nitrogens is 3. The molecule has 106 valence electrons. The predicted molar refractivity (Wildman–Crippen MR) is 76.2 cm³/mol. The van der Waals surface area contributed by atoms with Crippen molar-refractivity contribution in [1.29, 1.82) is 0 Å². The number of carbonyl (C=O) groups excluding carboxylic acids is 1. The van der Waals surface area contributed by atoms with Crippen molar-refractivity contribution in [2.45, 2.75) is 25.8 Å². The van der Waals surface area contributed by atoms with Crippen LogP contribution in [0.15, 0.2) is 36.9 Å². The molecule has 2 rings (SSSR count). The Bertz CT molecular complexity index is 535. The Morgan fingerprint density at radius 1 is 1.40 bits per heavy atom. The number of hydrogen-bond acceptors (Lipinski definition) is 4. The minimum absolute atomic E-state index is 0.0231. The van der Waals surface area contributed by atoms with E-state index in [0.717, 1.165) is 11.3 Å². The van der Waals surface area contributed by atoms with Gasteiger partial charge < -0.3 is 11.1 Å². The third-order valence-corrected chi connectivity index (χ3v) is 3.06. The second kappa shape index (κ2) is 6.81. The molecule has 1 aromatic carbocycles. The first-order chi connectivity index (χ1) is 9.70. The zero-order valence-corrected chi connectivity index (χ0v) is 11.5. The fourth-order valence-corrected chi connectivity index (χ4v) is 1.92. The molecule has 6 nitrogen and oxygen atoms in total. The summed E-state index contributed by atoms with van der Waals surface area (Å²) in [5.74, 6) is 0.0308. The average Bonchev–Trinajstić information content (AvgIpc) is 2.99. The van der Waals surface area contributed by atoms with E-state index in [4.69, 9.17) is 5.73 Å². The summed E-state index contributed by atoms with van der Waals surface area (Å²) in [7, 11) is 0. The smallest absolute Gasteiger partial charge is 0.220 e. The molecule has 0 radical (unpaired) electrons. The van der Waals surface area contributed by atoms with Crippen molar-refractivity contribution in [2.24, 2.45) is 5.73 Å². The molecule has 1 unspecified atom stereocenters. The van der Waals surface area contributed by atoms with Crippen LogP contribution < -0.4 is 11.1 Å². The van der Waals surface area contributed by atoms with Gasteiger partial charge in [-0.1, -0.05) is 12.1 Å². The molecular formula is C14H19N5O. The topological polar surface area (TPSA) is 85.8 Å². The number of nitrogens with two attached hydrogens (primary N) is 1. The van der Waals surface area contributed by atoms with Crippen molar-refractivity contribution in [3.05, 3.63) is 42.5 Å². The highest BCUT2D eigenvalue weighted by Crippen LogP contribution is 2.15. The maximum absolute atomic E-state index is 11.7. The fourth-order valence-electron chi connectivity index (χ4n) is 1.92. The summed E-state index contributed by atoms with van der Waals surface area (Å²) in [5.41, 5.74) is 7.38. The van der Waals surface area contributed by atoms with Gasteiger partial charge in [-0.25, -0.2) is 9.67 Å². The Balaban J connectivity index is 1.97. The van der Waals surface area contributed by atoms with Crippen molar-refractivity contribution < 1.29 is 4.79 Å². The lowest BCUT2D eigenvalue weighted by molar-refractivity contribution is -0.121. The Labute approximate surface area is 118 Å². The lowest BCUT2D eigenvalue weighted by Crippen LogP contribution is -2.26. The Morgan fingerprint density at radius 3 is 2.75 bits per heavy atom. The second-order valence-corrected chi connectivity index (χ2v) is 4.61. The van der Waals surface area contributed by atoms with Gasteiger partial charge in [-0.2, -0.15) is 5.10 Å². The van der Waals surface area contributed by atoms with Gasteiger partial charge in [-0.05, 0) is 37.6 Å². The first kappa shape index (κ1) is 14.2. The normalized spacial score (nSPS) is 12.1. The maximum atomic E-state index is 11.7. The van der Waals surface area contributed by atoms with Crippen molar-refractivity contribution in [1.82, 2.24) is 20.1 Å². The molecule has 2 aromatic rings. The van der Waals surface area contributed by atoms with E-state index in [-0.39, 0.29) is 11.9 Å². The molecule has 0 aliphatic heterocycles. The molecule has 0 spiro atoms. The molecule has 0 saturated heterocycles. The number of rotatable bonds is 6. The van der Waals surface area contributed by atoms with Crippen LogP contribution in [0.3, 0.4) is 0 Å². The summed E-state index contributed by atoms with van der Waals surface area (Å²) >= 11 is 0. The second-order valence-electron chi connectivity index (χ2n) is 4.61. The van der Waals surface area contributed by atoms with Gasteiger partial charge in [0, 0.05) is 6.42 Å². The molecule has 6 heteroatoms. The first-order valence-corrected chi connectivity index (χ1v) is 6.65. The van der Waals surface area contributed by atoms with Gasteiger partial charge in [0.05, 0.1) is 11.7 Å². The molecule has 20 heavy (non-hydrogen) atoms. The van der Waals surface area contributed by atoms with Gasteiger partial charge in [0.25, 0.3) is 0 Å². The van der Waals surface area contributed by atoms with E-state index in [1.54, 1.807) is 11.0 Å². The van der Waals surface area contributed by atoms with Gasteiger partial charge in [0.2, 0.25) is 5.91 Å². The lowest BCUT2D eigenvalue weighted by Gasteiger charge is -2.14. The van der Waals surface area contributed by atoms with Crippen molar-refractivity contribution >= 4 is 5.91 Å². The summed E-state index contributed by atoms with van der Waals surface area (Å²) in [6, 6.07) is 7.83. The molecule has 1 atom stereocenters. The monoisotopic (exact) mass is 273 g/mol. The molecule has 1 heterocycles. The quantitative estimate of drug-likeness (QED) is 0.827. The molecule has 0 aliphatic carbocycles. The van der Waals surface area contributed by atoms with E-state index in [1.807, 2.05) is 31.2 Å². The van der Waals surface area contributed by atoms with Crippen molar-refractivity contribution in [3.63, 3.8) is 0 Å². The predicted octanol–water partition coefficient (Wildman–Crippen LogP) is 1.18. The Kier molecular flexibility index (Phi) is 4.84. The van der Waals surface area contributed by atoms with Crippen LogP contribution in [-0.2, 0) is 4.79 Å². The van der Waals surface area contributed by atoms with Crippen LogP contribution in [0, 0.1) is 0 Å². The number of hydrogen-bond donors (Lipinski definition) is 2. The number of nitrogens with one attached hydrogen (secondary N) is 1. The Hall–Kier alpha value is -2.21. The van der Waals surface area contributed by atoms with Gasteiger partial charge in [-0.3, -0.25) is 4.79 Å². The molecule has 0 fully saturated rings. The van der Waals surface area contributed by atoms with Crippen molar-refractivity contribution in [2.75, 3.05) is 6.54 Å². The highest BCUT2D eigenvalue weighted by atomic mass is 16.1. The van der Waals surface area contributed by atoms with Crippen LogP contribution >= 0.6 is 0 Å². The van der Waals surface area contributed by atoms with Gasteiger partial charge in [0.15, 0.2) is 0 Å². The third kappa shape index (κ3) is 3.64. The van der Waals surface area contributed by atoms with E-state index in [2.05, 4.69) is 15.4 Å². The summed E-state index contributed by atoms with van der Waals surface area (Å²) in [5, 5.41) is 7.02. The standard InChI is InChI=1S/C14H19N5O/c1-11(18-14(20)3-2-8-15)12-4-6-13(7-5-12)19-10-16-9-17-19/h4-7,9-11H,2-3,8,15H2,1H3,(H,18,20). The molecule has 1 aromatic heterocycles. The van der Waals surface area contributed by atoms with E-state index >= 15 is 0 Å². The minimum Gasteiger partial charge on any atom is -0.350 e. The minimum atomic E-state index is -0.0231. The lowest BCUT2D eigenvalue weighted by atomic mass is 10.1. The average molecular weight is 273 g/mol.